The summed E-state index contributed by atoms with van der Waals surface area (Å²) in [6.45, 7) is 0. The third kappa shape index (κ3) is 3.32. The van der Waals surface area contributed by atoms with Gasteiger partial charge in [0.25, 0.3) is 5.69 Å². The van der Waals surface area contributed by atoms with Crippen LogP contribution in [-0.4, -0.2) is 22.8 Å². The van der Waals surface area contributed by atoms with E-state index in [4.69, 9.17) is 0 Å². The van der Waals surface area contributed by atoms with Crippen molar-refractivity contribution in [2.45, 2.75) is 12.5 Å². The number of hydrogen-bond donors (Lipinski definition) is 3. The molecule has 1 aliphatic rings. The number of nitro groups is 1. The van der Waals surface area contributed by atoms with Gasteiger partial charge in [-0.15, -0.1) is 0 Å². The number of hydrogen-bond acceptors (Lipinski definition) is 5. The second-order valence-corrected chi connectivity index (χ2v) is 5.29. The van der Waals surface area contributed by atoms with Gasteiger partial charge in [-0.2, -0.15) is 0 Å². The van der Waals surface area contributed by atoms with Crippen LogP contribution in [0.15, 0.2) is 48.5 Å². The van der Waals surface area contributed by atoms with Gasteiger partial charge >= 0.3 is 0 Å². The molecule has 1 aliphatic heterocycles. The van der Waals surface area contributed by atoms with E-state index in [0.29, 0.717) is 11.4 Å². The van der Waals surface area contributed by atoms with Gasteiger partial charge in [-0.25, -0.2) is 0 Å². The molecule has 122 valence electrons. The highest BCUT2D eigenvalue weighted by atomic mass is 16.6. The molecule has 8 nitrogen and oxygen atoms in total. The number of carbonyl (C=O) groups excluding carboxylic acids is 2. The molecular formula is C16H14N4O4. The van der Waals surface area contributed by atoms with Crippen LogP contribution in [0.2, 0.25) is 0 Å². The maximum absolute atomic E-state index is 12.1. The SMILES string of the molecule is O=C(C[C@H]1Nc2ccccc2NC1=O)Nc1cccc([N+](=O)[O-])c1. The largest absolute Gasteiger partial charge is 0.372 e. The summed E-state index contributed by atoms with van der Waals surface area (Å²) >= 11 is 0. The molecule has 0 radical (unpaired) electrons. The number of benzene rings is 2. The van der Waals surface area contributed by atoms with Crippen molar-refractivity contribution in [2.75, 3.05) is 16.0 Å². The zero-order valence-electron chi connectivity index (χ0n) is 12.5. The Bertz CT molecular complexity index is 821. The number of nitro benzene ring substituents is 1. The van der Waals surface area contributed by atoms with Gasteiger partial charge in [-0.05, 0) is 18.2 Å². The first-order valence-electron chi connectivity index (χ1n) is 7.23. The van der Waals surface area contributed by atoms with Crippen molar-refractivity contribution in [2.24, 2.45) is 0 Å². The third-order valence-corrected chi connectivity index (χ3v) is 3.56. The summed E-state index contributed by atoms with van der Waals surface area (Å²) in [5.74, 6) is -0.717. The monoisotopic (exact) mass is 326 g/mol. The summed E-state index contributed by atoms with van der Waals surface area (Å²) in [5.41, 5.74) is 1.60. The number of fused-ring (bicyclic) bond motifs is 1. The lowest BCUT2D eigenvalue weighted by Crippen LogP contribution is -2.41. The number of para-hydroxylation sites is 2. The number of nitrogens with one attached hydrogen (secondary N) is 3. The minimum absolute atomic E-state index is 0.0944. The number of anilines is 3. The highest BCUT2D eigenvalue weighted by Crippen LogP contribution is 2.27. The van der Waals surface area contributed by atoms with Gasteiger partial charge in [0.15, 0.2) is 0 Å². The maximum Gasteiger partial charge on any atom is 0.271 e. The number of nitrogens with zero attached hydrogens (tertiary/aromatic N) is 1. The Hall–Kier alpha value is -3.42. The van der Waals surface area contributed by atoms with E-state index >= 15 is 0 Å². The van der Waals surface area contributed by atoms with Crippen molar-refractivity contribution in [3.05, 3.63) is 58.6 Å². The molecule has 0 aliphatic carbocycles. The molecule has 0 unspecified atom stereocenters. The number of non-ortho nitro benzene ring substituents is 1. The van der Waals surface area contributed by atoms with Crippen molar-refractivity contribution in [1.29, 1.82) is 0 Å². The second-order valence-electron chi connectivity index (χ2n) is 5.29. The molecule has 24 heavy (non-hydrogen) atoms. The zero-order chi connectivity index (χ0) is 17.1. The number of amides is 2. The summed E-state index contributed by atoms with van der Waals surface area (Å²) in [5, 5.41) is 19.1. The minimum atomic E-state index is -0.710. The van der Waals surface area contributed by atoms with E-state index in [2.05, 4.69) is 16.0 Å². The molecule has 1 atom stereocenters. The molecule has 0 fully saturated rings. The van der Waals surface area contributed by atoms with Crippen LogP contribution in [0.1, 0.15) is 6.42 Å². The van der Waals surface area contributed by atoms with Crippen LogP contribution in [-0.2, 0) is 9.59 Å². The molecule has 0 saturated carbocycles. The summed E-state index contributed by atoms with van der Waals surface area (Å²) in [4.78, 5) is 34.4. The number of carbonyl (C=O) groups is 2. The van der Waals surface area contributed by atoms with Crippen molar-refractivity contribution < 1.29 is 14.5 Å². The lowest BCUT2D eigenvalue weighted by Gasteiger charge is -2.26. The minimum Gasteiger partial charge on any atom is -0.372 e. The van der Waals surface area contributed by atoms with Gasteiger partial charge in [-0.1, -0.05) is 18.2 Å². The van der Waals surface area contributed by atoms with E-state index in [1.54, 1.807) is 24.3 Å². The van der Waals surface area contributed by atoms with Crippen LogP contribution in [0.5, 0.6) is 0 Å². The molecule has 0 spiro atoms. The van der Waals surface area contributed by atoms with E-state index in [-0.39, 0.29) is 18.0 Å². The summed E-state index contributed by atoms with van der Waals surface area (Å²) in [6.07, 6.45) is -0.0944. The Morgan fingerprint density at radius 2 is 1.92 bits per heavy atom. The van der Waals surface area contributed by atoms with Gasteiger partial charge in [0.05, 0.1) is 22.7 Å². The van der Waals surface area contributed by atoms with Crippen LogP contribution in [0.4, 0.5) is 22.7 Å². The van der Waals surface area contributed by atoms with Crippen LogP contribution in [0, 0.1) is 10.1 Å². The van der Waals surface area contributed by atoms with E-state index in [0.717, 1.165) is 5.69 Å². The molecule has 0 aromatic heterocycles. The van der Waals surface area contributed by atoms with Gasteiger partial charge in [0, 0.05) is 17.8 Å². The predicted molar refractivity (Wildman–Crippen MR) is 88.8 cm³/mol. The first kappa shape index (κ1) is 15.5. The van der Waals surface area contributed by atoms with E-state index in [1.165, 1.54) is 18.2 Å². The number of rotatable bonds is 4. The maximum atomic E-state index is 12.1. The molecule has 8 heteroatoms. The molecule has 0 bridgehead atoms. The predicted octanol–water partition coefficient (Wildman–Crippen LogP) is 2.36. The molecule has 1 heterocycles. The highest BCUT2D eigenvalue weighted by molar-refractivity contribution is 6.06. The van der Waals surface area contributed by atoms with Gasteiger partial charge in [-0.3, -0.25) is 19.7 Å². The van der Waals surface area contributed by atoms with E-state index in [1.807, 2.05) is 6.07 Å². The average molecular weight is 326 g/mol. The van der Waals surface area contributed by atoms with Crippen molar-refractivity contribution in [3.63, 3.8) is 0 Å². The van der Waals surface area contributed by atoms with Crippen molar-refractivity contribution in [3.8, 4) is 0 Å². The Kier molecular flexibility index (Phi) is 4.11. The van der Waals surface area contributed by atoms with Crippen molar-refractivity contribution >= 4 is 34.6 Å². The first-order valence-corrected chi connectivity index (χ1v) is 7.23. The molecule has 2 amide bonds. The Morgan fingerprint density at radius 1 is 1.17 bits per heavy atom. The fourth-order valence-electron chi connectivity index (χ4n) is 2.43. The molecule has 3 N–H and O–H groups in total. The molecular weight excluding hydrogens is 312 g/mol. The Morgan fingerprint density at radius 3 is 2.67 bits per heavy atom. The highest BCUT2D eigenvalue weighted by Gasteiger charge is 2.27. The standard InChI is InChI=1S/C16H14N4O4/c21-15(17-10-4-3-5-11(8-10)20(23)24)9-14-16(22)19-13-7-2-1-6-12(13)18-14/h1-8,14,18H,9H2,(H,17,21)(H,19,22)/t14-/m1/s1. The molecule has 2 aromatic rings. The first-order chi connectivity index (χ1) is 11.5. The smallest absolute Gasteiger partial charge is 0.271 e. The fourth-order valence-corrected chi connectivity index (χ4v) is 2.43. The van der Waals surface area contributed by atoms with Crippen LogP contribution in [0.3, 0.4) is 0 Å². The quantitative estimate of drug-likeness (QED) is 0.589. The van der Waals surface area contributed by atoms with Crippen LogP contribution < -0.4 is 16.0 Å². The normalized spacial score (nSPS) is 15.7. The zero-order valence-corrected chi connectivity index (χ0v) is 12.5. The Balaban J connectivity index is 1.66. The lowest BCUT2D eigenvalue weighted by atomic mass is 10.1. The van der Waals surface area contributed by atoms with Crippen LogP contribution in [0.25, 0.3) is 0 Å². The summed E-state index contributed by atoms with van der Waals surface area (Å²) in [6, 6.07) is 12.1. The topological polar surface area (TPSA) is 113 Å². The van der Waals surface area contributed by atoms with Crippen molar-refractivity contribution in [1.82, 2.24) is 0 Å². The fraction of sp³-hybridized carbons (Fsp3) is 0.125. The van der Waals surface area contributed by atoms with Gasteiger partial charge in [0.2, 0.25) is 11.8 Å². The molecule has 0 saturated heterocycles. The van der Waals surface area contributed by atoms with Gasteiger partial charge in [0.1, 0.15) is 6.04 Å². The molecule has 3 rings (SSSR count). The molecule has 2 aromatic carbocycles. The van der Waals surface area contributed by atoms with Crippen LogP contribution >= 0.6 is 0 Å². The second kappa shape index (κ2) is 6.37. The lowest BCUT2D eigenvalue weighted by molar-refractivity contribution is -0.384. The van der Waals surface area contributed by atoms with E-state index in [9.17, 15) is 19.7 Å². The average Bonchev–Trinajstić information content (AvgIpc) is 2.55. The van der Waals surface area contributed by atoms with Gasteiger partial charge < -0.3 is 16.0 Å². The summed E-state index contributed by atoms with van der Waals surface area (Å²) in [7, 11) is 0. The summed E-state index contributed by atoms with van der Waals surface area (Å²) < 4.78 is 0. The Labute approximate surface area is 137 Å². The third-order valence-electron chi connectivity index (χ3n) is 3.56. The van der Waals surface area contributed by atoms with E-state index < -0.39 is 16.9 Å².